The van der Waals surface area contributed by atoms with Crippen LogP contribution in [0.25, 0.3) is 11.0 Å². The highest BCUT2D eigenvalue weighted by Crippen LogP contribution is 2.09. The Labute approximate surface area is 70.6 Å². The zero-order chi connectivity index (χ0) is 8.97. The van der Waals surface area contributed by atoms with Gasteiger partial charge in [-0.1, -0.05) is 0 Å². The lowest BCUT2D eigenvalue weighted by Crippen LogP contribution is -1.85. The lowest BCUT2D eigenvalue weighted by atomic mass is 10.3. The Balaban J connectivity index is 0.000000336. The van der Waals surface area contributed by atoms with E-state index >= 15 is 0 Å². The minimum absolute atomic E-state index is 1.04. The number of pyridine rings is 1. The number of nitrogens with zero attached hydrogens (tertiary/aromatic N) is 2. The maximum Gasteiger partial charge on any atom is 0.139 e. The largest absolute Gasteiger partial charge is 0.336 e. The highest BCUT2D eigenvalue weighted by Gasteiger charge is 1.93. The number of rotatable bonds is 0. The van der Waals surface area contributed by atoms with Crippen LogP contribution >= 0.6 is 0 Å². The van der Waals surface area contributed by atoms with Crippen LogP contribution in [0.4, 0.5) is 0 Å². The van der Waals surface area contributed by atoms with Crippen molar-refractivity contribution in [3.63, 3.8) is 0 Å². The molecule has 3 heteroatoms. The third-order valence-electron chi connectivity index (χ3n) is 1.63. The van der Waals surface area contributed by atoms with E-state index in [9.17, 15) is 0 Å². The zero-order valence-corrected chi connectivity index (χ0v) is 6.90. The monoisotopic (exact) mass is 162 g/mol. The van der Waals surface area contributed by atoms with Crippen molar-refractivity contribution in [2.75, 3.05) is 0 Å². The fourth-order valence-electron chi connectivity index (χ4n) is 1.10. The molecule has 0 bridgehead atoms. The molecule has 0 unspecified atom stereocenters. The Hall–Kier alpha value is -1.64. The molecular weight excluding hydrogens is 152 g/mol. The fourth-order valence-corrected chi connectivity index (χ4v) is 1.10. The van der Waals surface area contributed by atoms with Crippen LogP contribution in [0.2, 0.25) is 0 Å². The molecule has 0 saturated heterocycles. The van der Waals surface area contributed by atoms with Crippen LogP contribution in [-0.2, 0) is 11.8 Å². The van der Waals surface area contributed by atoms with E-state index in [2.05, 4.69) is 17.1 Å². The molecule has 3 nitrogen and oxygen atoms in total. The Kier molecular flexibility index (Phi) is 2.58. The molecule has 62 valence electrons. The maximum absolute atomic E-state index is 8.00. The molecule has 0 aliphatic heterocycles. The standard InChI is InChI=1S/C8H8N2.CH2O/c1-10-6-4-7-3-2-5-9-8(7)10;1-2/h2-6H,1H3;1H2. The quantitative estimate of drug-likeness (QED) is 0.586. The van der Waals surface area contributed by atoms with Gasteiger partial charge in [0.1, 0.15) is 12.4 Å². The van der Waals surface area contributed by atoms with Gasteiger partial charge in [0.2, 0.25) is 0 Å². The summed E-state index contributed by atoms with van der Waals surface area (Å²) >= 11 is 0. The second kappa shape index (κ2) is 3.67. The number of aryl methyl sites for hydroxylation is 1. The highest BCUT2D eigenvalue weighted by molar-refractivity contribution is 5.75. The summed E-state index contributed by atoms with van der Waals surface area (Å²) in [5.74, 6) is 0. The average Bonchev–Trinajstić information content (AvgIpc) is 2.53. The number of carbonyl (C=O) groups is 1. The SMILES string of the molecule is C=O.Cn1ccc2cccnc21. The Morgan fingerprint density at radius 1 is 1.42 bits per heavy atom. The predicted octanol–water partition coefficient (Wildman–Crippen LogP) is 1.39. The van der Waals surface area contributed by atoms with Crippen molar-refractivity contribution in [1.82, 2.24) is 9.55 Å². The number of fused-ring (bicyclic) bond motifs is 1. The third-order valence-corrected chi connectivity index (χ3v) is 1.63. The minimum Gasteiger partial charge on any atom is -0.336 e. The van der Waals surface area contributed by atoms with Crippen molar-refractivity contribution >= 4 is 17.8 Å². The number of hydrogen-bond donors (Lipinski definition) is 0. The molecule has 0 radical (unpaired) electrons. The van der Waals surface area contributed by atoms with Crippen LogP contribution in [0, 0.1) is 0 Å². The Bertz CT molecular complexity index is 367. The van der Waals surface area contributed by atoms with Crippen LogP contribution in [0.15, 0.2) is 30.6 Å². The maximum atomic E-state index is 8.00. The van der Waals surface area contributed by atoms with Crippen LogP contribution in [0.1, 0.15) is 0 Å². The first-order valence-corrected chi connectivity index (χ1v) is 3.53. The number of hydrogen-bond acceptors (Lipinski definition) is 2. The molecule has 12 heavy (non-hydrogen) atoms. The molecular formula is C9H10N2O. The van der Waals surface area contributed by atoms with Gasteiger partial charge < -0.3 is 9.36 Å². The second-order valence-electron chi connectivity index (χ2n) is 2.34. The fraction of sp³-hybridized carbons (Fsp3) is 0.111. The zero-order valence-electron chi connectivity index (χ0n) is 6.90. The molecule has 0 aromatic carbocycles. The summed E-state index contributed by atoms with van der Waals surface area (Å²) in [5.41, 5.74) is 1.04. The van der Waals surface area contributed by atoms with Crippen molar-refractivity contribution in [2.24, 2.45) is 7.05 Å². The number of aromatic nitrogens is 2. The van der Waals surface area contributed by atoms with Gasteiger partial charge in [0.15, 0.2) is 0 Å². The normalized spacial score (nSPS) is 9.08. The molecule has 2 aromatic rings. The summed E-state index contributed by atoms with van der Waals surface area (Å²) in [6, 6.07) is 6.06. The molecule has 0 fully saturated rings. The third kappa shape index (κ3) is 1.34. The first-order valence-electron chi connectivity index (χ1n) is 3.53. The van der Waals surface area contributed by atoms with Gasteiger partial charge in [-0.15, -0.1) is 0 Å². The van der Waals surface area contributed by atoms with E-state index in [1.165, 1.54) is 5.39 Å². The molecule has 2 aromatic heterocycles. The van der Waals surface area contributed by atoms with E-state index in [0.717, 1.165) is 5.65 Å². The van der Waals surface area contributed by atoms with E-state index in [0.29, 0.717) is 0 Å². The van der Waals surface area contributed by atoms with Gasteiger partial charge >= 0.3 is 0 Å². The second-order valence-corrected chi connectivity index (χ2v) is 2.34. The van der Waals surface area contributed by atoms with E-state index < -0.39 is 0 Å². The van der Waals surface area contributed by atoms with E-state index in [1.807, 2.05) is 36.9 Å². The molecule has 2 heterocycles. The van der Waals surface area contributed by atoms with Crippen molar-refractivity contribution in [3.8, 4) is 0 Å². The van der Waals surface area contributed by atoms with Crippen LogP contribution < -0.4 is 0 Å². The Morgan fingerprint density at radius 2 is 2.17 bits per heavy atom. The van der Waals surface area contributed by atoms with E-state index in [4.69, 9.17) is 4.79 Å². The molecule has 0 spiro atoms. The number of carbonyl (C=O) groups excluding carboxylic acids is 1. The molecule has 0 N–H and O–H groups in total. The predicted molar refractivity (Wildman–Crippen MR) is 47.8 cm³/mol. The van der Waals surface area contributed by atoms with Gasteiger partial charge in [0.25, 0.3) is 0 Å². The summed E-state index contributed by atoms with van der Waals surface area (Å²) in [6.45, 7) is 2.00. The van der Waals surface area contributed by atoms with Gasteiger partial charge in [-0.25, -0.2) is 4.98 Å². The summed E-state index contributed by atoms with van der Waals surface area (Å²) in [6.07, 6.45) is 3.82. The van der Waals surface area contributed by atoms with Gasteiger partial charge in [-0.3, -0.25) is 0 Å². The first-order chi connectivity index (χ1) is 5.88. The average molecular weight is 162 g/mol. The summed E-state index contributed by atoms with van der Waals surface area (Å²) < 4.78 is 2.01. The van der Waals surface area contributed by atoms with Crippen molar-refractivity contribution in [2.45, 2.75) is 0 Å². The minimum atomic E-state index is 1.04. The molecule has 0 saturated carbocycles. The van der Waals surface area contributed by atoms with Crippen LogP contribution in [0.5, 0.6) is 0 Å². The first kappa shape index (κ1) is 8.46. The van der Waals surface area contributed by atoms with Crippen LogP contribution in [-0.4, -0.2) is 16.3 Å². The Morgan fingerprint density at radius 3 is 2.83 bits per heavy atom. The van der Waals surface area contributed by atoms with Gasteiger partial charge in [0, 0.05) is 24.8 Å². The van der Waals surface area contributed by atoms with Gasteiger partial charge in [-0.2, -0.15) is 0 Å². The van der Waals surface area contributed by atoms with Crippen molar-refractivity contribution in [3.05, 3.63) is 30.6 Å². The van der Waals surface area contributed by atoms with Gasteiger partial charge in [0.05, 0.1) is 0 Å². The van der Waals surface area contributed by atoms with Crippen LogP contribution in [0.3, 0.4) is 0 Å². The molecule has 2 rings (SSSR count). The smallest absolute Gasteiger partial charge is 0.139 e. The summed E-state index contributed by atoms with van der Waals surface area (Å²) in [5, 5.41) is 1.20. The summed E-state index contributed by atoms with van der Waals surface area (Å²) in [4.78, 5) is 12.2. The van der Waals surface area contributed by atoms with Crippen molar-refractivity contribution in [1.29, 1.82) is 0 Å². The molecule has 0 aliphatic carbocycles. The highest BCUT2D eigenvalue weighted by atomic mass is 16.1. The topological polar surface area (TPSA) is 34.9 Å². The molecule has 0 atom stereocenters. The van der Waals surface area contributed by atoms with E-state index in [-0.39, 0.29) is 0 Å². The van der Waals surface area contributed by atoms with Crippen molar-refractivity contribution < 1.29 is 4.79 Å². The molecule has 0 aliphatic rings. The molecule has 0 amide bonds. The summed E-state index contributed by atoms with van der Waals surface area (Å²) in [7, 11) is 2.00. The lowest BCUT2D eigenvalue weighted by Gasteiger charge is -1.91. The van der Waals surface area contributed by atoms with Gasteiger partial charge in [-0.05, 0) is 18.2 Å². The van der Waals surface area contributed by atoms with E-state index in [1.54, 1.807) is 0 Å². The lowest BCUT2D eigenvalue weighted by molar-refractivity contribution is -0.0979.